The highest BCUT2D eigenvalue weighted by Crippen LogP contribution is 2.30. The topological polar surface area (TPSA) is 77.8 Å². The maximum Gasteiger partial charge on any atom is 0.327 e. The van der Waals surface area contributed by atoms with Gasteiger partial charge in [-0.1, -0.05) is 29.3 Å². The highest BCUT2D eigenvalue weighted by atomic mass is 35.5. The van der Waals surface area contributed by atoms with Crippen LogP contribution in [0.5, 0.6) is 0 Å². The first-order valence-electron chi connectivity index (χ1n) is 4.61. The van der Waals surface area contributed by atoms with E-state index in [9.17, 15) is 9.59 Å². The molecule has 0 unspecified atom stereocenters. The van der Waals surface area contributed by atoms with E-state index in [0.29, 0.717) is 15.7 Å². The summed E-state index contributed by atoms with van der Waals surface area (Å²) in [6.07, 6.45) is 0. The molecule has 3 N–H and O–H groups in total. The predicted octanol–water partition coefficient (Wildman–Crippen LogP) is 2.11. The van der Waals surface area contributed by atoms with Crippen molar-refractivity contribution in [1.29, 1.82) is 0 Å². The van der Waals surface area contributed by atoms with Gasteiger partial charge in [0.25, 0.3) is 5.56 Å². The Kier molecular flexibility index (Phi) is 3.21. The van der Waals surface area contributed by atoms with E-state index < -0.39 is 11.2 Å². The average Bonchev–Trinajstić information content (AvgIpc) is 2.23. The van der Waals surface area contributed by atoms with E-state index in [1.165, 1.54) is 6.07 Å². The third-order valence-corrected chi connectivity index (χ3v) is 2.80. The number of halogens is 2. The van der Waals surface area contributed by atoms with Gasteiger partial charge in [-0.25, -0.2) is 4.79 Å². The van der Waals surface area contributed by atoms with Crippen LogP contribution in [0.3, 0.4) is 0 Å². The number of H-pyrrole nitrogens is 2. The molecule has 2 aromatic rings. The van der Waals surface area contributed by atoms with Gasteiger partial charge in [0.2, 0.25) is 0 Å². The van der Waals surface area contributed by atoms with Crippen LogP contribution in [-0.2, 0) is 0 Å². The molecule has 0 fully saturated rings. The third-order valence-electron chi connectivity index (χ3n) is 1.98. The zero-order valence-electron chi connectivity index (χ0n) is 8.38. The van der Waals surface area contributed by atoms with Gasteiger partial charge in [-0.2, -0.15) is 0 Å². The number of aromatic amines is 2. The zero-order valence-corrected chi connectivity index (χ0v) is 9.89. The molecular formula is C10H7Cl2N3O2. The first-order chi connectivity index (χ1) is 8.06. The summed E-state index contributed by atoms with van der Waals surface area (Å²) in [6, 6.07) is 6.21. The number of hydrogen-bond donors (Lipinski definition) is 3. The Morgan fingerprint density at radius 1 is 1.12 bits per heavy atom. The van der Waals surface area contributed by atoms with Gasteiger partial charge >= 0.3 is 5.69 Å². The summed E-state index contributed by atoms with van der Waals surface area (Å²) in [5, 5.41) is 3.50. The quantitative estimate of drug-likeness (QED) is 0.783. The summed E-state index contributed by atoms with van der Waals surface area (Å²) in [7, 11) is 0. The molecule has 0 bridgehead atoms. The van der Waals surface area contributed by atoms with Crippen LogP contribution in [-0.4, -0.2) is 9.97 Å². The number of rotatable bonds is 2. The number of benzene rings is 1. The van der Waals surface area contributed by atoms with Crippen LogP contribution in [0.25, 0.3) is 0 Å². The van der Waals surface area contributed by atoms with E-state index >= 15 is 0 Å². The molecule has 0 spiro atoms. The fourth-order valence-electron chi connectivity index (χ4n) is 1.28. The molecule has 0 saturated carbocycles. The van der Waals surface area contributed by atoms with E-state index in [1.807, 2.05) is 0 Å². The summed E-state index contributed by atoms with van der Waals surface area (Å²) < 4.78 is 0. The molecule has 0 atom stereocenters. The highest BCUT2D eigenvalue weighted by Gasteiger charge is 2.05. The molecule has 0 amide bonds. The van der Waals surface area contributed by atoms with Crippen molar-refractivity contribution >= 4 is 34.7 Å². The Hall–Kier alpha value is -1.72. The van der Waals surface area contributed by atoms with Gasteiger partial charge in [0, 0.05) is 6.07 Å². The summed E-state index contributed by atoms with van der Waals surface area (Å²) in [6.45, 7) is 0. The second-order valence-electron chi connectivity index (χ2n) is 3.23. The SMILES string of the molecule is O=c1cc(Nc2cccc(Cl)c2Cl)[nH]c(=O)[nH]1. The summed E-state index contributed by atoms with van der Waals surface area (Å²) in [4.78, 5) is 26.6. The molecule has 2 rings (SSSR count). The molecule has 7 heteroatoms. The second kappa shape index (κ2) is 4.65. The minimum absolute atomic E-state index is 0.239. The molecule has 1 aromatic heterocycles. The molecule has 5 nitrogen and oxygen atoms in total. The van der Waals surface area contributed by atoms with Crippen molar-refractivity contribution in [1.82, 2.24) is 9.97 Å². The number of hydrogen-bond acceptors (Lipinski definition) is 3. The molecule has 1 heterocycles. The molecule has 0 aliphatic heterocycles. The lowest BCUT2D eigenvalue weighted by atomic mass is 10.3. The Balaban J connectivity index is 2.41. The molecule has 0 aliphatic carbocycles. The number of nitrogens with one attached hydrogen (secondary N) is 3. The lowest BCUT2D eigenvalue weighted by Gasteiger charge is -2.08. The zero-order chi connectivity index (χ0) is 12.4. The fraction of sp³-hybridized carbons (Fsp3) is 0. The minimum atomic E-state index is -0.599. The van der Waals surface area contributed by atoms with Gasteiger partial charge < -0.3 is 5.32 Å². The van der Waals surface area contributed by atoms with Gasteiger partial charge in [-0.15, -0.1) is 0 Å². The van der Waals surface area contributed by atoms with Crippen molar-refractivity contribution in [3.05, 3.63) is 55.1 Å². The minimum Gasteiger partial charge on any atom is -0.340 e. The van der Waals surface area contributed by atoms with Crippen LogP contribution < -0.4 is 16.6 Å². The number of anilines is 2. The summed E-state index contributed by atoms with van der Waals surface area (Å²) >= 11 is 11.8. The van der Waals surface area contributed by atoms with E-state index in [0.717, 1.165) is 0 Å². The Morgan fingerprint density at radius 3 is 2.59 bits per heavy atom. The first-order valence-corrected chi connectivity index (χ1v) is 5.36. The van der Waals surface area contributed by atoms with E-state index in [1.54, 1.807) is 18.2 Å². The van der Waals surface area contributed by atoms with Crippen molar-refractivity contribution in [2.24, 2.45) is 0 Å². The van der Waals surface area contributed by atoms with Crippen molar-refractivity contribution in [3.8, 4) is 0 Å². The standard InChI is InChI=1S/C10H7Cl2N3O2/c11-5-2-1-3-6(9(5)12)13-7-4-8(16)15-10(17)14-7/h1-4H,(H3,13,14,15,16,17). The smallest absolute Gasteiger partial charge is 0.327 e. The average molecular weight is 272 g/mol. The lowest BCUT2D eigenvalue weighted by Crippen LogP contribution is -2.22. The maximum atomic E-state index is 11.1. The van der Waals surface area contributed by atoms with Crippen LogP contribution in [0.15, 0.2) is 33.9 Å². The Morgan fingerprint density at radius 2 is 1.88 bits per heavy atom. The van der Waals surface area contributed by atoms with E-state index in [-0.39, 0.29) is 5.82 Å². The Bertz CT molecular complexity index is 635. The van der Waals surface area contributed by atoms with Crippen LogP contribution in [0, 0.1) is 0 Å². The molecule has 1 aromatic carbocycles. The van der Waals surface area contributed by atoms with Gasteiger partial charge in [-0.05, 0) is 12.1 Å². The first kappa shape index (κ1) is 11.8. The van der Waals surface area contributed by atoms with Crippen LogP contribution in [0.4, 0.5) is 11.5 Å². The molecule has 0 aliphatic rings. The van der Waals surface area contributed by atoms with Gasteiger partial charge in [0.1, 0.15) is 5.82 Å². The normalized spacial score (nSPS) is 10.2. The molecular weight excluding hydrogens is 265 g/mol. The van der Waals surface area contributed by atoms with Crippen LogP contribution in [0.2, 0.25) is 10.0 Å². The van der Waals surface area contributed by atoms with Crippen LogP contribution in [0.1, 0.15) is 0 Å². The highest BCUT2D eigenvalue weighted by molar-refractivity contribution is 6.43. The maximum absolute atomic E-state index is 11.1. The van der Waals surface area contributed by atoms with Gasteiger partial charge in [-0.3, -0.25) is 14.8 Å². The van der Waals surface area contributed by atoms with Crippen molar-refractivity contribution in [2.75, 3.05) is 5.32 Å². The molecule has 17 heavy (non-hydrogen) atoms. The van der Waals surface area contributed by atoms with E-state index in [2.05, 4.69) is 15.3 Å². The van der Waals surface area contributed by atoms with Gasteiger partial charge in [0.15, 0.2) is 0 Å². The van der Waals surface area contributed by atoms with Gasteiger partial charge in [0.05, 0.1) is 15.7 Å². The molecule has 88 valence electrons. The summed E-state index contributed by atoms with van der Waals surface area (Å²) in [5.41, 5.74) is -0.604. The molecule has 0 saturated heterocycles. The van der Waals surface area contributed by atoms with Crippen molar-refractivity contribution < 1.29 is 0 Å². The number of aromatic nitrogens is 2. The summed E-state index contributed by atoms with van der Waals surface area (Å²) in [5.74, 6) is 0.239. The monoisotopic (exact) mass is 271 g/mol. The van der Waals surface area contributed by atoms with E-state index in [4.69, 9.17) is 23.2 Å². The largest absolute Gasteiger partial charge is 0.340 e. The van der Waals surface area contributed by atoms with Crippen LogP contribution >= 0.6 is 23.2 Å². The van der Waals surface area contributed by atoms with Crippen molar-refractivity contribution in [3.63, 3.8) is 0 Å². The predicted molar refractivity (Wildman–Crippen MR) is 67.4 cm³/mol. The molecule has 0 radical (unpaired) electrons. The lowest BCUT2D eigenvalue weighted by molar-refractivity contribution is 1.04. The van der Waals surface area contributed by atoms with Crippen molar-refractivity contribution in [2.45, 2.75) is 0 Å². The third kappa shape index (κ3) is 2.69. The fourth-order valence-corrected chi connectivity index (χ4v) is 1.63. The second-order valence-corrected chi connectivity index (χ2v) is 4.01. The Labute approximate surface area is 105 Å².